The molecule has 0 radical (unpaired) electrons. The van der Waals surface area contributed by atoms with Gasteiger partial charge in [0, 0.05) is 5.30 Å². The van der Waals surface area contributed by atoms with Crippen LogP contribution in [0.15, 0.2) is 60.7 Å². The lowest BCUT2D eigenvalue weighted by atomic mass is 9.66. The monoisotopic (exact) mass is 580 g/mol. The molecular formula is C28H25Cl4O3P. The van der Waals surface area contributed by atoms with Gasteiger partial charge in [-0.3, -0.25) is 14.2 Å². The molecule has 0 unspecified atom stereocenters. The van der Waals surface area contributed by atoms with Crippen molar-refractivity contribution < 1.29 is 14.2 Å². The molecule has 0 saturated heterocycles. The first-order chi connectivity index (χ1) is 17.3. The predicted molar refractivity (Wildman–Crippen MR) is 150 cm³/mol. The van der Waals surface area contributed by atoms with Crippen molar-refractivity contribution in [1.82, 2.24) is 0 Å². The van der Waals surface area contributed by atoms with Crippen LogP contribution < -0.4 is 5.30 Å². The highest BCUT2D eigenvalue weighted by molar-refractivity contribution is 7.34. The van der Waals surface area contributed by atoms with E-state index in [1.54, 1.807) is 60.7 Å². The predicted octanol–water partition coefficient (Wildman–Crippen LogP) is 9.58. The van der Waals surface area contributed by atoms with Gasteiger partial charge in [0.15, 0.2) is 20.0 Å². The number of rotatable bonds is 12. The minimum Gasteiger partial charge on any atom is -0.293 e. The first-order valence-corrected chi connectivity index (χ1v) is 14.0. The summed E-state index contributed by atoms with van der Waals surface area (Å²) in [5.74, 6) is -1.05. The first kappa shape index (κ1) is 28.8. The van der Waals surface area contributed by atoms with Gasteiger partial charge in [0.2, 0.25) is 0 Å². The van der Waals surface area contributed by atoms with E-state index in [2.05, 4.69) is 6.92 Å². The fraction of sp³-hybridized carbons (Fsp3) is 0.286. The molecule has 3 nitrogen and oxygen atoms in total. The third kappa shape index (κ3) is 6.04. The zero-order chi connectivity index (χ0) is 26.3. The van der Waals surface area contributed by atoms with Crippen molar-refractivity contribution in [2.24, 2.45) is 0 Å². The number of unbranched alkanes of at least 4 members (excludes halogenated alkanes) is 4. The van der Waals surface area contributed by atoms with Gasteiger partial charge in [0.25, 0.3) is 0 Å². The van der Waals surface area contributed by atoms with Gasteiger partial charge < -0.3 is 0 Å². The van der Waals surface area contributed by atoms with Crippen LogP contribution in [0.25, 0.3) is 0 Å². The largest absolute Gasteiger partial charge is 0.293 e. The Kier molecular flexibility index (Phi) is 10.5. The zero-order valence-electron chi connectivity index (χ0n) is 19.7. The number of carbonyl (C=O) groups is 2. The Hall–Kier alpha value is -1.74. The Bertz CT molecular complexity index is 1150. The second-order valence-corrected chi connectivity index (χ2v) is 10.9. The van der Waals surface area contributed by atoms with Crippen LogP contribution in [0.3, 0.4) is 0 Å². The number of halogens is 4. The van der Waals surface area contributed by atoms with E-state index in [1.807, 2.05) is 0 Å². The van der Waals surface area contributed by atoms with Crippen molar-refractivity contribution in [1.29, 1.82) is 0 Å². The smallest absolute Gasteiger partial charge is 0.192 e. The van der Waals surface area contributed by atoms with Crippen LogP contribution in [0.2, 0.25) is 20.1 Å². The van der Waals surface area contributed by atoms with Crippen molar-refractivity contribution in [2.45, 2.75) is 50.9 Å². The lowest BCUT2D eigenvalue weighted by Crippen LogP contribution is -2.45. The first-order valence-electron chi connectivity index (χ1n) is 11.7. The molecule has 0 spiro atoms. The zero-order valence-corrected chi connectivity index (χ0v) is 23.6. The highest BCUT2D eigenvalue weighted by Crippen LogP contribution is 2.43. The molecule has 0 heterocycles. The van der Waals surface area contributed by atoms with E-state index in [0.717, 1.165) is 25.7 Å². The van der Waals surface area contributed by atoms with Crippen LogP contribution >= 0.6 is 54.9 Å². The number of ketones is 2. The molecule has 0 aliphatic carbocycles. The van der Waals surface area contributed by atoms with E-state index in [1.165, 1.54) is 0 Å². The molecule has 0 saturated carbocycles. The number of hydrogen-bond acceptors (Lipinski definition) is 3. The van der Waals surface area contributed by atoms with Gasteiger partial charge in [-0.2, -0.15) is 0 Å². The fourth-order valence-electron chi connectivity index (χ4n) is 4.39. The molecular weight excluding hydrogens is 557 g/mol. The van der Waals surface area contributed by atoms with Gasteiger partial charge in [0.05, 0.1) is 31.2 Å². The lowest BCUT2D eigenvalue weighted by Gasteiger charge is -2.33. The lowest BCUT2D eigenvalue weighted by molar-refractivity contribution is 0.0747. The summed E-state index contributed by atoms with van der Waals surface area (Å²) >= 11 is 25.9. The Labute approximate surface area is 233 Å². The average Bonchev–Trinajstić information content (AvgIpc) is 2.86. The maximum Gasteiger partial charge on any atom is 0.192 e. The van der Waals surface area contributed by atoms with Crippen molar-refractivity contribution in [3.63, 3.8) is 0 Å². The van der Waals surface area contributed by atoms with Gasteiger partial charge >= 0.3 is 0 Å². The molecule has 0 fully saturated rings. The molecule has 0 bridgehead atoms. The Morgan fingerprint density at radius 2 is 1.14 bits per heavy atom. The number of hydrogen-bond donors (Lipinski definition) is 0. The number of benzene rings is 3. The molecule has 0 aliphatic rings. The summed E-state index contributed by atoms with van der Waals surface area (Å²) in [6.45, 7) is 2.12. The summed E-state index contributed by atoms with van der Waals surface area (Å²) in [4.78, 5) is 29.0. The van der Waals surface area contributed by atoms with E-state index in [4.69, 9.17) is 46.4 Å². The normalized spacial score (nSPS) is 11.6. The minimum absolute atomic E-state index is 0.0666. The van der Waals surface area contributed by atoms with Gasteiger partial charge in [-0.1, -0.05) is 110 Å². The van der Waals surface area contributed by atoms with E-state index in [-0.39, 0.29) is 46.1 Å². The van der Waals surface area contributed by atoms with Gasteiger partial charge in [-0.05, 0) is 48.4 Å². The van der Waals surface area contributed by atoms with Crippen LogP contribution in [-0.4, -0.2) is 11.6 Å². The van der Waals surface area contributed by atoms with Crippen LogP contribution in [0.4, 0.5) is 0 Å². The van der Waals surface area contributed by atoms with Crippen LogP contribution in [-0.2, 0) is 9.98 Å². The SMILES string of the molecule is CCCCCCCC(C(=O)c1c(Cl)cccc1Cl)(C(=O)c1c(Cl)cccc1Cl)c1ccc(P=O)cc1. The molecule has 0 aromatic heterocycles. The Balaban J connectivity index is 2.30. The van der Waals surface area contributed by atoms with Gasteiger partial charge in [-0.25, -0.2) is 0 Å². The van der Waals surface area contributed by atoms with Crippen molar-refractivity contribution >= 4 is 71.7 Å². The quantitative estimate of drug-likeness (QED) is 0.0925. The second-order valence-electron chi connectivity index (χ2n) is 8.56. The summed E-state index contributed by atoms with van der Waals surface area (Å²) in [7, 11) is -0.168. The van der Waals surface area contributed by atoms with E-state index in [0.29, 0.717) is 17.3 Å². The molecule has 3 rings (SSSR count). The van der Waals surface area contributed by atoms with Crippen LogP contribution in [0.1, 0.15) is 71.7 Å². The fourth-order valence-corrected chi connectivity index (χ4v) is 5.80. The summed E-state index contributed by atoms with van der Waals surface area (Å²) < 4.78 is 11.4. The molecule has 36 heavy (non-hydrogen) atoms. The molecule has 0 aliphatic heterocycles. The minimum atomic E-state index is -1.70. The topological polar surface area (TPSA) is 51.2 Å². The van der Waals surface area contributed by atoms with Crippen LogP contribution in [0, 0.1) is 0 Å². The van der Waals surface area contributed by atoms with E-state index >= 15 is 0 Å². The summed E-state index contributed by atoms with van der Waals surface area (Å²) in [5, 5.41) is 1.11. The third-order valence-corrected chi connectivity index (χ3v) is 8.04. The highest BCUT2D eigenvalue weighted by atomic mass is 35.5. The summed E-state index contributed by atoms with van der Waals surface area (Å²) in [6.07, 6.45) is 4.72. The summed E-state index contributed by atoms with van der Waals surface area (Å²) in [6, 6.07) is 16.1. The van der Waals surface area contributed by atoms with Gasteiger partial charge in [-0.15, -0.1) is 0 Å². The average molecular weight is 582 g/mol. The molecule has 0 N–H and O–H groups in total. The molecule has 3 aromatic carbocycles. The highest BCUT2D eigenvalue weighted by Gasteiger charge is 2.49. The maximum atomic E-state index is 14.5. The van der Waals surface area contributed by atoms with Crippen molar-refractivity contribution in [3.05, 3.63) is 97.4 Å². The maximum absolute atomic E-state index is 14.5. The third-order valence-electron chi connectivity index (χ3n) is 6.28. The number of carbonyl (C=O) groups excluding carboxylic acids is 2. The van der Waals surface area contributed by atoms with Crippen molar-refractivity contribution in [3.8, 4) is 0 Å². The summed E-state index contributed by atoms with van der Waals surface area (Å²) in [5.41, 5.74) is -1.13. The Morgan fingerprint density at radius 3 is 1.56 bits per heavy atom. The number of Topliss-reactive ketones (excluding diaryl/α,β-unsaturated/α-hetero) is 2. The molecule has 3 aromatic rings. The Morgan fingerprint density at radius 1 is 0.694 bits per heavy atom. The van der Waals surface area contributed by atoms with E-state index < -0.39 is 17.0 Å². The molecule has 0 atom stereocenters. The van der Waals surface area contributed by atoms with Gasteiger partial charge in [0.1, 0.15) is 5.41 Å². The molecule has 188 valence electrons. The molecule has 0 amide bonds. The van der Waals surface area contributed by atoms with E-state index in [9.17, 15) is 14.2 Å². The van der Waals surface area contributed by atoms with Crippen molar-refractivity contribution in [2.75, 3.05) is 0 Å². The molecule has 8 heteroatoms. The van der Waals surface area contributed by atoms with Crippen LogP contribution in [0.5, 0.6) is 0 Å². The second kappa shape index (κ2) is 13.2. The standard InChI is InChI=1S/C28H25Cl4O3P/c1-2-3-4-5-6-17-28(18-13-15-19(36-35)16-14-18,26(33)24-20(29)9-7-10-21(24)30)27(34)25-22(31)11-8-12-23(25)32/h7-16H,2-6,17H2,1H3.